The van der Waals surface area contributed by atoms with E-state index in [0.29, 0.717) is 5.56 Å². The van der Waals surface area contributed by atoms with Gasteiger partial charge in [0.25, 0.3) is 0 Å². The topological polar surface area (TPSA) is 40.5 Å². The Hall–Kier alpha value is -0.940. The molecule has 1 rings (SSSR count). The second kappa shape index (κ2) is 5.41. The number of hydrogen-bond donors (Lipinski definition) is 1. The summed E-state index contributed by atoms with van der Waals surface area (Å²) >= 11 is 3.26. The van der Waals surface area contributed by atoms with E-state index in [2.05, 4.69) is 15.9 Å². The van der Waals surface area contributed by atoms with Crippen LogP contribution in [0.4, 0.5) is 4.39 Å². The van der Waals surface area contributed by atoms with Crippen LogP contribution in [0.5, 0.6) is 0 Å². The number of halogens is 2. The van der Waals surface area contributed by atoms with Crippen molar-refractivity contribution in [2.75, 3.05) is 13.6 Å². The number of benzene rings is 1. The maximum atomic E-state index is 13.5. The van der Waals surface area contributed by atoms with Crippen molar-refractivity contribution in [1.82, 2.24) is 4.90 Å². The molecule has 0 heterocycles. The molecule has 88 valence electrons. The first-order chi connectivity index (χ1) is 7.41. The molecule has 1 atom stereocenters. The van der Waals surface area contributed by atoms with Crippen LogP contribution in [0.15, 0.2) is 22.7 Å². The molecule has 0 radical (unpaired) electrons. The molecule has 3 nitrogen and oxygen atoms in total. The number of likely N-dealkylation sites (N-methyl/N-ethyl adjacent to an activating group) is 1. The fourth-order valence-corrected chi connectivity index (χ4v) is 1.80. The van der Waals surface area contributed by atoms with Gasteiger partial charge in [0.2, 0.25) is 0 Å². The van der Waals surface area contributed by atoms with Gasteiger partial charge in [0.15, 0.2) is 0 Å². The smallest absolute Gasteiger partial charge is 0.317 e. The third kappa shape index (κ3) is 3.28. The van der Waals surface area contributed by atoms with Crippen LogP contribution in [0.1, 0.15) is 18.5 Å². The highest BCUT2D eigenvalue weighted by molar-refractivity contribution is 9.10. The molecular weight excluding hydrogens is 277 g/mol. The van der Waals surface area contributed by atoms with Crippen molar-refractivity contribution in [3.05, 3.63) is 34.1 Å². The zero-order chi connectivity index (χ0) is 12.3. The van der Waals surface area contributed by atoms with Crippen molar-refractivity contribution in [3.63, 3.8) is 0 Å². The monoisotopic (exact) mass is 289 g/mol. The highest BCUT2D eigenvalue weighted by atomic mass is 79.9. The Labute approximate surface area is 102 Å². The van der Waals surface area contributed by atoms with Crippen molar-refractivity contribution >= 4 is 21.9 Å². The molecule has 0 saturated heterocycles. The van der Waals surface area contributed by atoms with E-state index < -0.39 is 5.97 Å². The number of aliphatic carboxylic acids is 1. The van der Waals surface area contributed by atoms with E-state index in [-0.39, 0.29) is 18.4 Å². The zero-order valence-electron chi connectivity index (χ0n) is 9.08. The van der Waals surface area contributed by atoms with Gasteiger partial charge in [0, 0.05) is 16.1 Å². The number of nitrogens with zero attached hydrogens (tertiary/aromatic N) is 1. The van der Waals surface area contributed by atoms with Crippen molar-refractivity contribution in [3.8, 4) is 0 Å². The average molecular weight is 290 g/mol. The summed E-state index contributed by atoms with van der Waals surface area (Å²) < 4.78 is 14.3. The van der Waals surface area contributed by atoms with Gasteiger partial charge in [0.1, 0.15) is 5.82 Å². The maximum Gasteiger partial charge on any atom is 0.317 e. The minimum Gasteiger partial charge on any atom is -0.480 e. The Morgan fingerprint density at radius 1 is 1.62 bits per heavy atom. The number of carboxylic acids is 1. The normalized spacial score (nSPS) is 12.8. The van der Waals surface area contributed by atoms with Crippen LogP contribution in [0, 0.1) is 5.82 Å². The van der Waals surface area contributed by atoms with Gasteiger partial charge in [-0.05, 0) is 32.2 Å². The lowest BCUT2D eigenvalue weighted by Crippen LogP contribution is -2.29. The third-order valence-electron chi connectivity index (χ3n) is 2.45. The quantitative estimate of drug-likeness (QED) is 0.926. The molecule has 0 spiro atoms. The molecule has 1 aromatic rings. The van der Waals surface area contributed by atoms with E-state index in [1.165, 1.54) is 6.07 Å². The van der Waals surface area contributed by atoms with Crippen molar-refractivity contribution < 1.29 is 14.3 Å². The van der Waals surface area contributed by atoms with Gasteiger partial charge in [-0.3, -0.25) is 9.69 Å². The Bertz CT molecular complexity index is 398. The predicted octanol–water partition coefficient (Wildman–Crippen LogP) is 2.67. The molecule has 0 amide bonds. The summed E-state index contributed by atoms with van der Waals surface area (Å²) in [7, 11) is 1.65. The van der Waals surface area contributed by atoms with Crippen LogP contribution in [-0.2, 0) is 4.79 Å². The number of rotatable bonds is 4. The zero-order valence-corrected chi connectivity index (χ0v) is 10.7. The SMILES string of the molecule is CC(c1cc(Br)ccc1F)N(C)CC(=O)O. The van der Waals surface area contributed by atoms with Gasteiger partial charge < -0.3 is 5.11 Å². The number of carboxylic acid groups (broad SMARTS) is 1. The van der Waals surface area contributed by atoms with Crippen LogP contribution >= 0.6 is 15.9 Å². The summed E-state index contributed by atoms with van der Waals surface area (Å²) in [6.07, 6.45) is 0. The predicted molar refractivity (Wildman–Crippen MR) is 62.8 cm³/mol. The summed E-state index contributed by atoms with van der Waals surface area (Å²) in [6.45, 7) is 1.65. The van der Waals surface area contributed by atoms with Gasteiger partial charge in [0.05, 0.1) is 6.54 Å². The highest BCUT2D eigenvalue weighted by Gasteiger charge is 2.17. The summed E-state index contributed by atoms with van der Waals surface area (Å²) in [5.74, 6) is -1.25. The van der Waals surface area contributed by atoms with Gasteiger partial charge in [-0.15, -0.1) is 0 Å². The lowest BCUT2D eigenvalue weighted by Gasteiger charge is -2.23. The van der Waals surface area contributed by atoms with E-state index in [1.807, 2.05) is 0 Å². The average Bonchev–Trinajstić information content (AvgIpc) is 2.19. The van der Waals surface area contributed by atoms with Gasteiger partial charge >= 0.3 is 5.97 Å². The lowest BCUT2D eigenvalue weighted by atomic mass is 10.1. The lowest BCUT2D eigenvalue weighted by molar-refractivity contribution is -0.138. The maximum absolute atomic E-state index is 13.5. The van der Waals surface area contributed by atoms with Gasteiger partial charge in [-0.25, -0.2) is 4.39 Å². The largest absolute Gasteiger partial charge is 0.480 e. The van der Waals surface area contributed by atoms with Crippen LogP contribution < -0.4 is 0 Å². The minimum absolute atomic E-state index is 0.118. The summed E-state index contributed by atoms with van der Waals surface area (Å²) in [4.78, 5) is 12.1. The van der Waals surface area contributed by atoms with Crippen molar-refractivity contribution in [1.29, 1.82) is 0 Å². The van der Waals surface area contributed by atoms with Gasteiger partial charge in [-0.2, -0.15) is 0 Å². The molecule has 0 aliphatic heterocycles. The first-order valence-corrected chi connectivity index (χ1v) is 5.58. The summed E-state index contributed by atoms with van der Waals surface area (Å²) in [5, 5.41) is 8.66. The molecule has 16 heavy (non-hydrogen) atoms. The standard InChI is InChI=1S/C11H13BrFNO2/c1-7(14(2)6-11(15)16)9-5-8(12)3-4-10(9)13/h3-5,7H,6H2,1-2H3,(H,15,16). The van der Waals surface area contributed by atoms with Crippen LogP contribution in [-0.4, -0.2) is 29.6 Å². The Balaban J connectivity index is 2.90. The Kier molecular flexibility index (Phi) is 4.44. The van der Waals surface area contributed by atoms with Crippen LogP contribution in [0.3, 0.4) is 0 Å². The van der Waals surface area contributed by atoms with E-state index in [9.17, 15) is 9.18 Å². The van der Waals surface area contributed by atoms with Crippen LogP contribution in [0.25, 0.3) is 0 Å². The van der Waals surface area contributed by atoms with E-state index in [1.54, 1.807) is 31.0 Å². The number of carbonyl (C=O) groups is 1. The van der Waals surface area contributed by atoms with Crippen LogP contribution in [0.2, 0.25) is 0 Å². The highest BCUT2D eigenvalue weighted by Crippen LogP contribution is 2.24. The molecule has 0 aromatic heterocycles. The van der Waals surface area contributed by atoms with Gasteiger partial charge in [-0.1, -0.05) is 15.9 Å². The molecule has 0 aliphatic rings. The summed E-state index contributed by atoms with van der Waals surface area (Å²) in [5.41, 5.74) is 0.484. The number of hydrogen-bond acceptors (Lipinski definition) is 2. The molecule has 0 saturated carbocycles. The van der Waals surface area contributed by atoms with E-state index >= 15 is 0 Å². The van der Waals surface area contributed by atoms with Crippen molar-refractivity contribution in [2.24, 2.45) is 0 Å². The second-order valence-corrected chi connectivity index (χ2v) is 4.57. The Morgan fingerprint density at radius 2 is 2.25 bits per heavy atom. The first-order valence-electron chi connectivity index (χ1n) is 4.78. The minimum atomic E-state index is -0.926. The van der Waals surface area contributed by atoms with E-state index in [4.69, 9.17) is 5.11 Å². The van der Waals surface area contributed by atoms with Crippen molar-refractivity contribution in [2.45, 2.75) is 13.0 Å². The molecule has 1 unspecified atom stereocenters. The Morgan fingerprint density at radius 3 is 2.81 bits per heavy atom. The molecule has 0 aliphatic carbocycles. The molecule has 0 fully saturated rings. The second-order valence-electron chi connectivity index (χ2n) is 3.65. The molecule has 0 bridgehead atoms. The fraction of sp³-hybridized carbons (Fsp3) is 0.364. The molecular formula is C11H13BrFNO2. The molecule has 1 N–H and O–H groups in total. The van der Waals surface area contributed by atoms with E-state index in [0.717, 1.165) is 4.47 Å². The molecule has 5 heteroatoms. The molecule has 1 aromatic carbocycles. The first kappa shape index (κ1) is 13.1. The third-order valence-corrected chi connectivity index (χ3v) is 2.95. The summed E-state index contributed by atoms with van der Waals surface area (Å²) in [6, 6.07) is 4.36. The fourth-order valence-electron chi connectivity index (χ4n) is 1.42.